The fourth-order valence-electron chi connectivity index (χ4n) is 1.83. The largest absolute Gasteiger partial charge is 0.392 e. The molecule has 0 spiro atoms. The van der Waals surface area contributed by atoms with Crippen LogP contribution in [0.3, 0.4) is 0 Å². The van der Waals surface area contributed by atoms with Crippen LogP contribution in [-0.2, 0) is 13.2 Å². The molecule has 0 unspecified atom stereocenters. The molecule has 1 aromatic heterocycles. The fourth-order valence-corrected chi connectivity index (χ4v) is 1.83. The third kappa shape index (κ3) is 3.39. The average molecular weight is 256 g/mol. The predicted molar refractivity (Wildman–Crippen MR) is 72.5 cm³/mol. The third-order valence-electron chi connectivity index (χ3n) is 2.85. The van der Waals surface area contributed by atoms with Crippen LogP contribution in [-0.4, -0.2) is 16.0 Å². The molecule has 0 atom stereocenters. The van der Waals surface area contributed by atoms with E-state index in [0.717, 1.165) is 16.7 Å². The van der Waals surface area contributed by atoms with Crippen LogP contribution in [0.15, 0.2) is 42.6 Å². The summed E-state index contributed by atoms with van der Waals surface area (Å²) in [5, 5.41) is 11.9. The van der Waals surface area contributed by atoms with E-state index in [-0.39, 0.29) is 12.5 Å². The number of pyridine rings is 1. The summed E-state index contributed by atoms with van der Waals surface area (Å²) in [6, 6.07) is 11.1. The van der Waals surface area contributed by atoms with Crippen LogP contribution in [0.2, 0.25) is 0 Å². The zero-order valence-electron chi connectivity index (χ0n) is 10.8. The van der Waals surface area contributed by atoms with Gasteiger partial charge in [-0.2, -0.15) is 0 Å². The van der Waals surface area contributed by atoms with Crippen LogP contribution in [0.4, 0.5) is 0 Å². The van der Waals surface area contributed by atoms with Crippen LogP contribution in [0.25, 0.3) is 0 Å². The predicted octanol–water partition coefficient (Wildman–Crippen LogP) is 1.81. The molecule has 2 N–H and O–H groups in total. The van der Waals surface area contributed by atoms with Crippen LogP contribution in [0.1, 0.15) is 27.2 Å². The van der Waals surface area contributed by atoms with Crippen molar-refractivity contribution in [1.29, 1.82) is 0 Å². The number of carbonyl (C=O) groups is 1. The molecule has 0 saturated carbocycles. The van der Waals surface area contributed by atoms with E-state index < -0.39 is 0 Å². The average Bonchev–Trinajstić information content (AvgIpc) is 2.45. The van der Waals surface area contributed by atoms with Crippen LogP contribution in [0.5, 0.6) is 0 Å². The summed E-state index contributed by atoms with van der Waals surface area (Å²) in [5.74, 6) is -0.187. The third-order valence-corrected chi connectivity index (χ3v) is 2.85. The Morgan fingerprint density at radius 3 is 2.79 bits per heavy atom. The molecule has 0 bridgehead atoms. The molecule has 4 nitrogen and oxygen atoms in total. The van der Waals surface area contributed by atoms with E-state index in [9.17, 15) is 4.79 Å². The number of benzene rings is 1. The molecule has 1 heterocycles. The molecule has 19 heavy (non-hydrogen) atoms. The topological polar surface area (TPSA) is 62.2 Å². The summed E-state index contributed by atoms with van der Waals surface area (Å²) < 4.78 is 0. The second-order valence-electron chi connectivity index (χ2n) is 4.33. The molecule has 0 aliphatic heterocycles. The van der Waals surface area contributed by atoms with Gasteiger partial charge >= 0.3 is 0 Å². The minimum Gasteiger partial charge on any atom is -0.392 e. The van der Waals surface area contributed by atoms with E-state index in [0.29, 0.717) is 12.2 Å². The van der Waals surface area contributed by atoms with E-state index in [4.69, 9.17) is 5.11 Å². The Bertz CT molecular complexity index is 582. The highest BCUT2D eigenvalue weighted by molar-refractivity contribution is 5.93. The molecule has 0 aliphatic rings. The van der Waals surface area contributed by atoms with Gasteiger partial charge in [0.05, 0.1) is 6.61 Å². The summed E-state index contributed by atoms with van der Waals surface area (Å²) in [6.45, 7) is 2.28. The zero-order valence-corrected chi connectivity index (χ0v) is 10.8. The molecule has 1 aromatic carbocycles. The van der Waals surface area contributed by atoms with Gasteiger partial charge in [0.1, 0.15) is 5.69 Å². The van der Waals surface area contributed by atoms with E-state index in [1.807, 2.05) is 37.3 Å². The molecular formula is C15H16N2O2. The van der Waals surface area contributed by atoms with Crippen LogP contribution < -0.4 is 5.32 Å². The summed E-state index contributed by atoms with van der Waals surface area (Å²) in [6.07, 6.45) is 1.61. The fraction of sp³-hybridized carbons (Fsp3) is 0.200. The van der Waals surface area contributed by atoms with Crippen molar-refractivity contribution in [2.24, 2.45) is 0 Å². The molecule has 1 amide bonds. The van der Waals surface area contributed by atoms with E-state index >= 15 is 0 Å². The Balaban J connectivity index is 2.02. The number of carbonyl (C=O) groups excluding carboxylic acids is 1. The van der Waals surface area contributed by atoms with Gasteiger partial charge in [-0.3, -0.25) is 9.78 Å². The van der Waals surface area contributed by atoms with Gasteiger partial charge in [0.15, 0.2) is 0 Å². The number of aliphatic hydroxyl groups is 1. The van der Waals surface area contributed by atoms with Crippen molar-refractivity contribution < 1.29 is 9.90 Å². The minimum absolute atomic E-state index is 0.00113. The van der Waals surface area contributed by atoms with Gasteiger partial charge in [0.25, 0.3) is 5.91 Å². The monoisotopic (exact) mass is 256 g/mol. The van der Waals surface area contributed by atoms with Crippen molar-refractivity contribution in [1.82, 2.24) is 10.3 Å². The second-order valence-corrected chi connectivity index (χ2v) is 4.33. The highest BCUT2D eigenvalue weighted by Crippen LogP contribution is 2.06. The highest BCUT2D eigenvalue weighted by atomic mass is 16.3. The van der Waals surface area contributed by atoms with Gasteiger partial charge in [-0.25, -0.2) is 0 Å². The summed E-state index contributed by atoms with van der Waals surface area (Å²) in [4.78, 5) is 16.0. The molecule has 98 valence electrons. The number of rotatable bonds is 4. The number of amides is 1. The highest BCUT2D eigenvalue weighted by Gasteiger charge is 2.09. The Hall–Kier alpha value is -2.20. The molecule has 4 heteroatoms. The first-order chi connectivity index (χ1) is 9.20. The standard InChI is InChI=1S/C15H16N2O2/c1-11-4-3-7-16-14(11)15(19)17-9-12-5-2-6-13(8-12)10-18/h2-8,18H,9-10H2,1H3,(H,17,19). The van der Waals surface area contributed by atoms with Gasteiger partial charge in [-0.05, 0) is 29.7 Å². The lowest BCUT2D eigenvalue weighted by Gasteiger charge is -2.07. The second kappa shape index (κ2) is 6.11. The first-order valence-electron chi connectivity index (χ1n) is 6.09. The van der Waals surface area contributed by atoms with Crippen molar-refractivity contribution in [2.45, 2.75) is 20.1 Å². The first kappa shape index (κ1) is 13.2. The molecule has 0 fully saturated rings. The summed E-state index contributed by atoms with van der Waals surface area (Å²) in [5.41, 5.74) is 3.08. The Kier molecular flexibility index (Phi) is 4.26. The van der Waals surface area contributed by atoms with Crippen molar-refractivity contribution >= 4 is 5.91 Å². The van der Waals surface area contributed by atoms with Crippen molar-refractivity contribution in [3.63, 3.8) is 0 Å². The van der Waals surface area contributed by atoms with Gasteiger partial charge < -0.3 is 10.4 Å². The normalized spacial score (nSPS) is 10.2. The molecular weight excluding hydrogens is 240 g/mol. The summed E-state index contributed by atoms with van der Waals surface area (Å²) in [7, 11) is 0. The van der Waals surface area contributed by atoms with Gasteiger partial charge in [-0.1, -0.05) is 30.3 Å². The smallest absolute Gasteiger partial charge is 0.270 e. The van der Waals surface area contributed by atoms with Gasteiger partial charge in [-0.15, -0.1) is 0 Å². The van der Waals surface area contributed by atoms with E-state index in [2.05, 4.69) is 10.3 Å². The zero-order chi connectivity index (χ0) is 13.7. The van der Waals surface area contributed by atoms with Gasteiger partial charge in [0, 0.05) is 12.7 Å². The molecule has 2 rings (SSSR count). The number of nitrogens with one attached hydrogen (secondary N) is 1. The number of aryl methyl sites for hydroxylation is 1. The van der Waals surface area contributed by atoms with Crippen LogP contribution >= 0.6 is 0 Å². The molecule has 0 saturated heterocycles. The number of nitrogens with zero attached hydrogens (tertiary/aromatic N) is 1. The number of hydrogen-bond acceptors (Lipinski definition) is 3. The molecule has 2 aromatic rings. The van der Waals surface area contributed by atoms with Crippen molar-refractivity contribution in [3.8, 4) is 0 Å². The summed E-state index contributed by atoms with van der Waals surface area (Å²) >= 11 is 0. The minimum atomic E-state index is -0.187. The van der Waals surface area contributed by atoms with Crippen molar-refractivity contribution in [2.75, 3.05) is 0 Å². The van der Waals surface area contributed by atoms with E-state index in [1.165, 1.54) is 0 Å². The number of aromatic nitrogens is 1. The van der Waals surface area contributed by atoms with E-state index in [1.54, 1.807) is 12.3 Å². The lowest BCUT2D eigenvalue weighted by atomic mass is 10.1. The quantitative estimate of drug-likeness (QED) is 0.877. The van der Waals surface area contributed by atoms with Gasteiger partial charge in [0.2, 0.25) is 0 Å². The lowest BCUT2D eigenvalue weighted by Crippen LogP contribution is -2.24. The first-order valence-corrected chi connectivity index (χ1v) is 6.09. The maximum Gasteiger partial charge on any atom is 0.270 e. The Morgan fingerprint density at radius 2 is 2.05 bits per heavy atom. The number of hydrogen-bond donors (Lipinski definition) is 2. The van der Waals surface area contributed by atoms with Crippen molar-refractivity contribution in [3.05, 3.63) is 65.0 Å². The molecule has 0 radical (unpaired) electrons. The SMILES string of the molecule is Cc1cccnc1C(=O)NCc1cccc(CO)c1. The number of aliphatic hydroxyl groups excluding tert-OH is 1. The lowest BCUT2D eigenvalue weighted by molar-refractivity contribution is 0.0945. The maximum atomic E-state index is 12.0. The van der Waals surface area contributed by atoms with Crippen LogP contribution in [0, 0.1) is 6.92 Å². The molecule has 0 aliphatic carbocycles. The maximum absolute atomic E-state index is 12.0. The Labute approximate surface area is 112 Å². The Morgan fingerprint density at radius 1 is 1.26 bits per heavy atom.